The van der Waals surface area contributed by atoms with E-state index in [1.165, 1.54) is 0 Å². The van der Waals surface area contributed by atoms with Crippen LogP contribution < -0.4 is 0 Å². The third-order valence-corrected chi connectivity index (χ3v) is 2.56. The Morgan fingerprint density at radius 1 is 1.13 bits per heavy atom. The number of rotatable bonds is 2. The van der Waals surface area contributed by atoms with E-state index in [2.05, 4.69) is 43.1 Å². The van der Waals surface area contributed by atoms with Crippen molar-refractivity contribution in [1.82, 2.24) is 14.4 Å². The maximum atomic E-state index is 4.70. The predicted octanol–water partition coefficient (Wildman–Crippen LogP) is 2.98. The Kier molecular flexibility index (Phi) is 2.47. The van der Waals surface area contributed by atoms with Crippen molar-refractivity contribution < 1.29 is 0 Å². The van der Waals surface area contributed by atoms with E-state index >= 15 is 0 Å². The summed E-state index contributed by atoms with van der Waals surface area (Å²) < 4.78 is 2.07. The van der Waals surface area contributed by atoms with Gasteiger partial charge in [0, 0.05) is 11.6 Å². The van der Waals surface area contributed by atoms with Gasteiger partial charge in [0.25, 0.3) is 0 Å². The van der Waals surface area contributed by atoms with Crippen LogP contribution in [-0.4, -0.2) is 14.4 Å². The molecule has 2 heterocycles. The first-order valence-corrected chi connectivity index (χ1v) is 5.42. The van der Waals surface area contributed by atoms with Crippen molar-refractivity contribution in [2.45, 2.75) is 39.5 Å². The fourth-order valence-electron chi connectivity index (χ4n) is 1.68. The molecule has 0 aliphatic carbocycles. The maximum Gasteiger partial charge on any atom is 0.117 e. The summed E-state index contributed by atoms with van der Waals surface area (Å²) in [5.41, 5.74) is 2.28. The van der Waals surface area contributed by atoms with Gasteiger partial charge in [-0.25, -0.2) is 9.97 Å². The molecule has 0 saturated heterocycles. The van der Waals surface area contributed by atoms with Crippen molar-refractivity contribution in [3.05, 3.63) is 30.1 Å². The van der Waals surface area contributed by atoms with Crippen LogP contribution in [0, 0.1) is 0 Å². The standard InChI is InChI=1S/C12H17N3/c1-8(2)11-5-10-6-13-7-15(10)12(14-11)9(3)4/h5-9H,1-4H3. The lowest BCUT2D eigenvalue weighted by Gasteiger charge is -2.12. The lowest BCUT2D eigenvalue weighted by Crippen LogP contribution is -2.06. The van der Waals surface area contributed by atoms with Crippen LogP contribution in [0.25, 0.3) is 5.52 Å². The van der Waals surface area contributed by atoms with Gasteiger partial charge in [0.2, 0.25) is 0 Å². The SMILES string of the molecule is CC(C)c1cc2cncn2c(C(C)C)n1. The highest BCUT2D eigenvalue weighted by Gasteiger charge is 2.10. The van der Waals surface area contributed by atoms with E-state index in [1.807, 2.05) is 12.5 Å². The third kappa shape index (κ3) is 1.74. The minimum atomic E-state index is 0.417. The van der Waals surface area contributed by atoms with E-state index in [0.717, 1.165) is 17.0 Å². The Bertz CT molecular complexity index is 469. The number of nitrogens with zero attached hydrogens (tertiary/aromatic N) is 3. The summed E-state index contributed by atoms with van der Waals surface area (Å²) in [6.07, 6.45) is 3.72. The Morgan fingerprint density at radius 2 is 1.87 bits per heavy atom. The lowest BCUT2D eigenvalue weighted by atomic mass is 10.1. The average Bonchev–Trinajstić information content (AvgIpc) is 2.62. The van der Waals surface area contributed by atoms with Crippen LogP contribution in [-0.2, 0) is 0 Å². The second kappa shape index (κ2) is 3.65. The predicted molar refractivity (Wildman–Crippen MR) is 61.2 cm³/mol. The first kappa shape index (κ1) is 10.1. The second-order valence-electron chi connectivity index (χ2n) is 4.54. The van der Waals surface area contributed by atoms with Crippen LogP contribution in [0.5, 0.6) is 0 Å². The number of hydrogen-bond acceptors (Lipinski definition) is 2. The van der Waals surface area contributed by atoms with E-state index in [0.29, 0.717) is 11.8 Å². The van der Waals surface area contributed by atoms with E-state index < -0.39 is 0 Å². The van der Waals surface area contributed by atoms with Gasteiger partial charge >= 0.3 is 0 Å². The van der Waals surface area contributed by atoms with E-state index in [9.17, 15) is 0 Å². The molecule has 15 heavy (non-hydrogen) atoms. The number of aromatic nitrogens is 3. The van der Waals surface area contributed by atoms with Gasteiger partial charge in [-0.2, -0.15) is 0 Å². The normalized spacial score (nSPS) is 11.9. The zero-order chi connectivity index (χ0) is 11.0. The lowest BCUT2D eigenvalue weighted by molar-refractivity contribution is 0.715. The molecule has 80 valence electrons. The molecule has 3 heteroatoms. The maximum absolute atomic E-state index is 4.70. The molecule has 0 spiro atoms. The smallest absolute Gasteiger partial charge is 0.117 e. The molecule has 2 rings (SSSR count). The molecule has 0 fully saturated rings. The van der Waals surface area contributed by atoms with Crippen molar-refractivity contribution in [2.75, 3.05) is 0 Å². The van der Waals surface area contributed by atoms with Gasteiger partial charge in [0.1, 0.15) is 12.2 Å². The van der Waals surface area contributed by atoms with Gasteiger partial charge in [-0.3, -0.25) is 4.40 Å². The molecule has 0 saturated carbocycles. The highest BCUT2D eigenvalue weighted by atomic mass is 15.1. The van der Waals surface area contributed by atoms with Gasteiger partial charge in [-0.05, 0) is 12.0 Å². The topological polar surface area (TPSA) is 30.2 Å². The van der Waals surface area contributed by atoms with Crippen LogP contribution in [0.1, 0.15) is 51.0 Å². The van der Waals surface area contributed by atoms with Crippen molar-refractivity contribution in [3.63, 3.8) is 0 Å². The van der Waals surface area contributed by atoms with E-state index in [4.69, 9.17) is 4.98 Å². The molecule has 0 amide bonds. The highest BCUT2D eigenvalue weighted by Crippen LogP contribution is 2.19. The Hall–Kier alpha value is -1.38. The van der Waals surface area contributed by atoms with Gasteiger partial charge in [0.05, 0.1) is 11.7 Å². The molecule has 0 aromatic carbocycles. The first-order chi connectivity index (χ1) is 7.09. The van der Waals surface area contributed by atoms with Crippen molar-refractivity contribution in [3.8, 4) is 0 Å². The molecule has 2 aromatic rings. The number of imidazole rings is 1. The van der Waals surface area contributed by atoms with Crippen molar-refractivity contribution in [2.24, 2.45) is 0 Å². The van der Waals surface area contributed by atoms with Gasteiger partial charge in [-0.1, -0.05) is 27.7 Å². The van der Waals surface area contributed by atoms with Gasteiger partial charge in [-0.15, -0.1) is 0 Å². The minimum absolute atomic E-state index is 0.417. The van der Waals surface area contributed by atoms with Gasteiger partial charge in [0.15, 0.2) is 0 Å². The van der Waals surface area contributed by atoms with Crippen LogP contribution in [0.15, 0.2) is 18.6 Å². The second-order valence-corrected chi connectivity index (χ2v) is 4.54. The quantitative estimate of drug-likeness (QED) is 0.751. The van der Waals surface area contributed by atoms with Crippen LogP contribution in [0.4, 0.5) is 0 Å². The van der Waals surface area contributed by atoms with Crippen molar-refractivity contribution >= 4 is 5.52 Å². The third-order valence-electron chi connectivity index (χ3n) is 2.56. The summed E-state index contributed by atoms with van der Waals surface area (Å²) in [6.45, 7) is 8.65. The Morgan fingerprint density at radius 3 is 2.47 bits per heavy atom. The fourth-order valence-corrected chi connectivity index (χ4v) is 1.68. The van der Waals surface area contributed by atoms with E-state index in [1.54, 1.807) is 0 Å². The van der Waals surface area contributed by atoms with Crippen LogP contribution in [0.3, 0.4) is 0 Å². The monoisotopic (exact) mass is 203 g/mol. The van der Waals surface area contributed by atoms with Crippen LogP contribution in [0.2, 0.25) is 0 Å². The molecule has 0 aliphatic rings. The molecule has 0 bridgehead atoms. The zero-order valence-corrected chi connectivity index (χ0v) is 9.73. The molecular formula is C12H17N3. The molecule has 0 N–H and O–H groups in total. The number of fused-ring (bicyclic) bond motifs is 1. The minimum Gasteiger partial charge on any atom is -0.287 e. The molecule has 0 unspecified atom stereocenters. The highest BCUT2D eigenvalue weighted by molar-refractivity contribution is 5.47. The summed E-state index contributed by atoms with van der Waals surface area (Å²) in [5, 5.41) is 0. The zero-order valence-electron chi connectivity index (χ0n) is 9.73. The molecule has 2 aromatic heterocycles. The summed E-state index contributed by atoms with van der Waals surface area (Å²) >= 11 is 0. The van der Waals surface area contributed by atoms with Crippen molar-refractivity contribution in [1.29, 1.82) is 0 Å². The Balaban J connectivity index is 2.69. The van der Waals surface area contributed by atoms with Crippen LogP contribution >= 0.6 is 0 Å². The first-order valence-electron chi connectivity index (χ1n) is 5.42. The largest absolute Gasteiger partial charge is 0.287 e. The molecule has 0 radical (unpaired) electrons. The summed E-state index contributed by atoms with van der Waals surface area (Å²) in [6, 6.07) is 2.11. The summed E-state index contributed by atoms with van der Waals surface area (Å²) in [5.74, 6) is 1.97. The summed E-state index contributed by atoms with van der Waals surface area (Å²) in [7, 11) is 0. The average molecular weight is 203 g/mol. The van der Waals surface area contributed by atoms with E-state index in [-0.39, 0.29) is 0 Å². The fraction of sp³-hybridized carbons (Fsp3) is 0.500. The summed E-state index contributed by atoms with van der Waals surface area (Å²) in [4.78, 5) is 8.86. The molecule has 0 aliphatic heterocycles. The molecule has 3 nitrogen and oxygen atoms in total. The molecular weight excluding hydrogens is 186 g/mol. The molecule has 0 atom stereocenters. The van der Waals surface area contributed by atoms with Gasteiger partial charge < -0.3 is 0 Å². The number of hydrogen-bond donors (Lipinski definition) is 0. The Labute approximate surface area is 90.2 Å².